The molecule has 0 bridgehead atoms. The predicted molar refractivity (Wildman–Crippen MR) is 98.9 cm³/mol. The zero-order valence-electron chi connectivity index (χ0n) is 13.6. The molecule has 2 unspecified atom stereocenters. The summed E-state index contributed by atoms with van der Waals surface area (Å²) in [5.74, 6) is 0.639. The molecule has 4 atom stereocenters. The molecule has 0 radical (unpaired) electrons. The quantitative estimate of drug-likeness (QED) is 0.223. The van der Waals surface area contributed by atoms with Crippen molar-refractivity contribution in [2.75, 3.05) is 24.2 Å². The maximum absolute atomic E-state index is 10.4. The summed E-state index contributed by atoms with van der Waals surface area (Å²) < 4.78 is 7.63. The lowest BCUT2D eigenvalue weighted by atomic mass is 10.1. The highest BCUT2D eigenvalue weighted by molar-refractivity contribution is 14.1. The first-order valence-electron chi connectivity index (χ1n) is 8.05. The van der Waals surface area contributed by atoms with Crippen LogP contribution in [0.5, 0.6) is 0 Å². The molecule has 11 heteroatoms. The minimum atomic E-state index is -1.24. The Morgan fingerprint density at radius 3 is 2.68 bits per heavy atom. The van der Waals surface area contributed by atoms with Gasteiger partial charge in [-0.2, -0.15) is 0 Å². The van der Waals surface area contributed by atoms with E-state index in [-0.39, 0.29) is 5.82 Å². The van der Waals surface area contributed by atoms with Crippen LogP contribution in [0.3, 0.4) is 0 Å². The normalized spacial score (nSPS) is 26.4. The van der Waals surface area contributed by atoms with E-state index in [1.54, 1.807) is 4.57 Å². The van der Waals surface area contributed by atoms with E-state index in [9.17, 15) is 15.3 Å². The molecule has 2 aromatic rings. The molecule has 10 nitrogen and oxygen atoms in total. The van der Waals surface area contributed by atoms with Crippen LogP contribution in [0.1, 0.15) is 26.0 Å². The van der Waals surface area contributed by atoms with Gasteiger partial charge in [0.15, 0.2) is 27.0 Å². The molecule has 0 amide bonds. The van der Waals surface area contributed by atoms with Gasteiger partial charge in [0, 0.05) is 29.1 Å². The average molecular weight is 464 g/mol. The molecule has 25 heavy (non-hydrogen) atoms. The molecule has 0 spiro atoms. The Kier molecular flexibility index (Phi) is 5.58. The second-order valence-electron chi connectivity index (χ2n) is 5.86. The van der Waals surface area contributed by atoms with Crippen LogP contribution in [-0.2, 0) is 4.74 Å². The molecule has 1 aliphatic rings. The van der Waals surface area contributed by atoms with Crippen molar-refractivity contribution >= 4 is 45.5 Å². The minimum Gasteiger partial charge on any atom is -0.394 e. The Bertz CT molecular complexity index is 756. The number of hydrogen-bond acceptors (Lipinski definition) is 9. The van der Waals surface area contributed by atoms with Crippen molar-refractivity contribution in [3.05, 3.63) is 3.83 Å². The monoisotopic (exact) mass is 464 g/mol. The lowest BCUT2D eigenvalue weighted by molar-refractivity contribution is -0.0501. The maximum Gasteiger partial charge on any atom is 0.207 e. The standard InChI is InChI=1S/C14H21IN6O4/c1-2-3-4-17-14-18-7-10(16)19-13(15)20-11(7)21(14)12-9(24)8(23)6(5-22)25-12/h6,8-9,12,22-24H,2-5H2,1H3,(H,17,18)(H2,16,19,20)/t6-,8?,9?,12-/m1/s1. The summed E-state index contributed by atoms with van der Waals surface area (Å²) in [5.41, 5.74) is 6.74. The summed E-state index contributed by atoms with van der Waals surface area (Å²) in [5, 5.41) is 33.0. The second kappa shape index (κ2) is 7.53. The Morgan fingerprint density at radius 1 is 1.28 bits per heavy atom. The molecular weight excluding hydrogens is 443 g/mol. The smallest absolute Gasteiger partial charge is 0.207 e. The summed E-state index contributed by atoms with van der Waals surface area (Å²) in [6, 6.07) is 0. The van der Waals surface area contributed by atoms with Gasteiger partial charge in [0.2, 0.25) is 5.95 Å². The number of ether oxygens (including phenoxy) is 1. The highest BCUT2D eigenvalue weighted by atomic mass is 127. The number of halogens is 1. The number of nitrogen functional groups attached to an aromatic ring is 1. The molecule has 1 fully saturated rings. The number of aromatic nitrogens is 4. The Hall–Kier alpha value is -1.28. The van der Waals surface area contributed by atoms with Crippen LogP contribution < -0.4 is 11.1 Å². The van der Waals surface area contributed by atoms with Gasteiger partial charge >= 0.3 is 0 Å². The molecule has 3 heterocycles. The number of nitrogens with one attached hydrogen (secondary N) is 1. The fraction of sp³-hybridized carbons (Fsp3) is 0.643. The topological polar surface area (TPSA) is 152 Å². The van der Waals surface area contributed by atoms with Crippen molar-refractivity contribution in [1.29, 1.82) is 0 Å². The lowest BCUT2D eigenvalue weighted by Crippen LogP contribution is -2.33. The van der Waals surface area contributed by atoms with Gasteiger partial charge in [-0.15, -0.1) is 0 Å². The number of aliphatic hydroxyl groups excluding tert-OH is 3. The van der Waals surface area contributed by atoms with Crippen LogP contribution in [0.15, 0.2) is 0 Å². The molecular formula is C14H21IN6O4. The zero-order chi connectivity index (χ0) is 18.1. The van der Waals surface area contributed by atoms with E-state index in [1.807, 2.05) is 22.6 Å². The summed E-state index contributed by atoms with van der Waals surface area (Å²) in [7, 11) is 0. The van der Waals surface area contributed by atoms with Gasteiger partial charge < -0.3 is 31.1 Å². The van der Waals surface area contributed by atoms with Crippen molar-refractivity contribution in [3.8, 4) is 0 Å². The molecule has 0 saturated carbocycles. The van der Waals surface area contributed by atoms with Gasteiger partial charge in [-0.1, -0.05) is 13.3 Å². The number of aliphatic hydroxyl groups is 3. The highest BCUT2D eigenvalue weighted by Crippen LogP contribution is 2.35. The lowest BCUT2D eigenvalue weighted by Gasteiger charge is -2.19. The third-order valence-corrected chi connectivity index (χ3v) is 4.61. The van der Waals surface area contributed by atoms with E-state index in [2.05, 4.69) is 27.2 Å². The number of fused-ring (bicyclic) bond motifs is 1. The number of unbranched alkanes of at least 4 members (excludes halogenated alkanes) is 1. The van der Waals surface area contributed by atoms with Gasteiger partial charge in [-0.05, 0) is 6.42 Å². The van der Waals surface area contributed by atoms with E-state index in [4.69, 9.17) is 10.5 Å². The number of rotatable bonds is 6. The first-order chi connectivity index (χ1) is 12.0. The van der Waals surface area contributed by atoms with Crippen LogP contribution in [0.25, 0.3) is 11.2 Å². The molecule has 1 aliphatic heterocycles. The van der Waals surface area contributed by atoms with Gasteiger partial charge in [0.05, 0.1) is 6.61 Å². The van der Waals surface area contributed by atoms with Crippen molar-refractivity contribution in [3.63, 3.8) is 0 Å². The van der Waals surface area contributed by atoms with Gasteiger partial charge in [-0.3, -0.25) is 4.57 Å². The van der Waals surface area contributed by atoms with Crippen molar-refractivity contribution in [1.82, 2.24) is 19.5 Å². The van der Waals surface area contributed by atoms with Crippen LogP contribution >= 0.6 is 22.6 Å². The fourth-order valence-corrected chi connectivity index (χ4v) is 3.29. The molecule has 0 aromatic carbocycles. The van der Waals surface area contributed by atoms with Gasteiger partial charge in [0.25, 0.3) is 0 Å². The first kappa shape index (κ1) is 18.5. The fourth-order valence-electron chi connectivity index (χ4n) is 2.80. The molecule has 3 rings (SSSR count). The van der Waals surface area contributed by atoms with E-state index < -0.39 is 31.1 Å². The molecule has 138 valence electrons. The molecule has 6 N–H and O–H groups in total. The SMILES string of the molecule is CCCCNc1nc2c(N)nc(I)nc2n1[C@@H]1O[C@H](CO)C(O)C1O. The predicted octanol–water partition coefficient (Wildman–Crippen LogP) is -0.163. The minimum absolute atomic E-state index is 0.221. The molecule has 0 aliphatic carbocycles. The summed E-state index contributed by atoms with van der Waals surface area (Å²) in [6.07, 6.45) is -2.37. The third-order valence-electron chi connectivity index (χ3n) is 4.12. The first-order valence-corrected chi connectivity index (χ1v) is 9.13. The summed E-state index contributed by atoms with van der Waals surface area (Å²) >= 11 is 1.94. The van der Waals surface area contributed by atoms with Crippen molar-refractivity contribution in [2.24, 2.45) is 0 Å². The number of nitrogens with zero attached hydrogens (tertiary/aromatic N) is 4. The molecule has 2 aromatic heterocycles. The Morgan fingerprint density at radius 2 is 2.04 bits per heavy atom. The van der Waals surface area contributed by atoms with Crippen LogP contribution in [-0.4, -0.2) is 66.3 Å². The van der Waals surface area contributed by atoms with Crippen LogP contribution in [0.4, 0.5) is 11.8 Å². The van der Waals surface area contributed by atoms with Crippen molar-refractivity contribution < 1.29 is 20.1 Å². The Balaban J connectivity index is 2.09. The van der Waals surface area contributed by atoms with E-state index >= 15 is 0 Å². The van der Waals surface area contributed by atoms with Crippen molar-refractivity contribution in [2.45, 2.75) is 44.3 Å². The van der Waals surface area contributed by atoms with Crippen LogP contribution in [0.2, 0.25) is 0 Å². The second-order valence-corrected chi connectivity index (χ2v) is 6.83. The maximum atomic E-state index is 10.4. The number of imidazole rings is 1. The van der Waals surface area contributed by atoms with E-state index in [0.717, 1.165) is 12.8 Å². The summed E-state index contributed by atoms with van der Waals surface area (Å²) in [4.78, 5) is 12.9. The largest absolute Gasteiger partial charge is 0.394 e. The van der Waals surface area contributed by atoms with E-state index in [1.165, 1.54) is 0 Å². The zero-order valence-corrected chi connectivity index (χ0v) is 15.8. The molecule has 1 saturated heterocycles. The van der Waals surface area contributed by atoms with Gasteiger partial charge in [0.1, 0.15) is 18.3 Å². The van der Waals surface area contributed by atoms with E-state index in [0.29, 0.717) is 27.5 Å². The third kappa shape index (κ3) is 3.38. The number of anilines is 2. The van der Waals surface area contributed by atoms with Gasteiger partial charge in [-0.25, -0.2) is 15.0 Å². The Labute approximate surface area is 157 Å². The van der Waals surface area contributed by atoms with Crippen LogP contribution in [0, 0.1) is 3.83 Å². The highest BCUT2D eigenvalue weighted by Gasteiger charge is 2.45. The number of hydrogen-bond donors (Lipinski definition) is 5. The average Bonchev–Trinajstić information content (AvgIpc) is 3.06. The summed E-state index contributed by atoms with van der Waals surface area (Å²) in [6.45, 7) is 2.33. The number of nitrogens with two attached hydrogens (primary N) is 1.